The Hall–Kier alpha value is -2.29. The number of benzene rings is 2. The Balaban J connectivity index is 2.28. The van der Waals surface area contributed by atoms with Crippen LogP contribution in [0.15, 0.2) is 41.3 Å². The zero-order valence-electron chi connectivity index (χ0n) is 16.8. The van der Waals surface area contributed by atoms with Crippen LogP contribution in [0.1, 0.15) is 42.2 Å². The quantitative estimate of drug-likeness (QED) is 0.675. The molecule has 0 aliphatic heterocycles. The van der Waals surface area contributed by atoms with Crippen LogP contribution >= 0.6 is 11.6 Å². The summed E-state index contributed by atoms with van der Waals surface area (Å²) in [5.74, 6) is 0.518. The first-order valence-electron chi connectivity index (χ1n) is 9.00. The average Bonchev–Trinajstić information content (AvgIpc) is 2.70. The second kappa shape index (κ2) is 9.47. The molecule has 0 saturated carbocycles. The van der Waals surface area contributed by atoms with Crippen molar-refractivity contribution in [3.63, 3.8) is 0 Å². The molecule has 1 unspecified atom stereocenters. The molecule has 0 fully saturated rings. The van der Waals surface area contributed by atoms with Crippen molar-refractivity contribution in [1.29, 1.82) is 0 Å². The highest BCUT2D eigenvalue weighted by atomic mass is 35.5. The third-order valence-electron chi connectivity index (χ3n) is 4.52. The maximum absolute atomic E-state index is 13.0. The number of primary sulfonamides is 1. The first-order chi connectivity index (χ1) is 13.6. The van der Waals surface area contributed by atoms with Gasteiger partial charge in [0.15, 0.2) is 11.5 Å². The van der Waals surface area contributed by atoms with Gasteiger partial charge in [0, 0.05) is 12.6 Å². The van der Waals surface area contributed by atoms with Crippen LogP contribution in [0.2, 0.25) is 5.02 Å². The molecule has 0 bridgehead atoms. The molecule has 1 atom stereocenters. The van der Waals surface area contributed by atoms with Gasteiger partial charge < -0.3 is 14.4 Å². The standard InChI is InChI=1S/C20H25ClN2O5S/c1-5-10-28-19-17(21)11-15(12-18(19)27-4)20(24)23(3)13(2)14-6-8-16(9-7-14)29(22,25)26/h6-9,11-13H,5,10H2,1-4H3,(H2,22,25,26). The average molecular weight is 441 g/mol. The lowest BCUT2D eigenvalue weighted by molar-refractivity contribution is 0.0742. The van der Waals surface area contributed by atoms with Crippen LogP contribution in [-0.2, 0) is 10.0 Å². The van der Waals surface area contributed by atoms with Gasteiger partial charge in [0.25, 0.3) is 5.91 Å². The van der Waals surface area contributed by atoms with Gasteiger partial charge in [-0.25, -0.2) is 13.6 Å². The molecule has 0 aromatic heterocycles. The van der Waals surface area contributed by atoms with Crippen LogP contribution in [0.4, 0.5) is 0 Å². The largest absolute Gasteiger partial charge is 0.493 e. The number of halogens is 1. The summed E-state index contributed by atoms with van der Waals surface area (Å²) in [5, 5.41) is 5.42. The summed E-state index contributed by atoms with van der Waals surface area (Å²) in [6.45, 7) is 4.29. The Morgan fingerprint density at radius 3 is 2.38 bits per heavy atom. The molecule has 0 spiro atoms. The van der Waals surface area contributed by atoms with E-state index in [1.165, 1.54) is 24.1 Å². The van der Waals surface area contributed by atoms with Gasteiger partial charge in [0.1, 0.15) is 0 Å². The van der Waals surface area contributed by atoms with Crippen molar-refractivity contribution in [2.45, 2.75) is 31.2 Å². The minimum atomic E-state index is -3.77. The number of sulfonamides is 1. The van der Waals surface area contributed by atoms with E-state index < -0.39 is 10.0 Å². The number of hydrogen-bond donors (Lipinski definition) is 1. The summed E-state index contributed by atoms with van der Waals surface area (Å²) in [4.78, 5) is 14.5. The molecule has 0 heterocycles. The Morgan fingerprint density at radius 2 is 1.86 bits per heavy atom. The van der Waals surface area contributed by atoms with E-state index in [0.717, 1.165) is 12.0 Å². The second-order valence-corrected chi connectivity index (χ2v) is 8.51. The van der Waals surface area contributed by atoms with Crippen LogP contribution in [0, 0.1) is 0 Å². The van der Waals surface area contributed by atoms with Gasteiger partial charge in [0.05, 0.1) is 29.7 Å². The van der Waals surface area contributed by atoms with Crippen molar-refractivity contribution < 1.29 is 22.7 Å². The number of nitrogens with zero attached hydrogens (tertiary/aromatic N) is 1. The summed E-state index contributed by atoms with van der Waals surface area (Å²) < 4.78 is 33.8. The number of methoxy groups -OCH3 is 1. The van der Waals surface area contributed by atoms with E-state index in [-0.39, 0.29) is 16.8 Å². The number of ether oxygens (including phenoxy) is 2. The molecule has 1 amide bonds. The summed E-state index contributed by atoms with van der Waals surface area (Å²) >= 11 is 6.31. The van der Waals surface area contributed by atoms with Crippen LogP contribution < -0.4 is 14.6 Å². The normalized spacial score (nSPS) is 12.3. The fraction of sp³-hybridized carbons (Fsp3) is 0.350. The number of rotatable bonds is 8. The maximum Gasteiger partial charge on any atom is 0.254 e. The summed E-state index contributed by atoms with van der Waals surface area (Å²) in [5.41, 5.74) is 1.11. The van der Waals surface area contributed by atoms with Gasteiger partial charge in [-0.3, -0.25) is 4.79 Å². The van der Waals surface area contributed by atoms with Gasteiger partial charge in [-0.2, -0.15) is 0 Å². The zero-order chi connectivity index (χ0) is 21.8. The minimum Gasteiger partial charge on any atom is -0.493 e. The molecule has 7 nitrogen and oxygen atoms in total. The molecule has 0 saturated heterocycles. The number of carbonyl (C=O) groups excluding carboxylic acids is 1. The van der Waals surface area contributed by atoms with Crippen molar-refractivity contribution in [3.05, 3.63) is 52.5 Å². The van der Waals surface area contributed by atoms with Crippen molar-refractivity contribution in [2.24, 2.45) is 5.14 Å². The molecule has 29 heavy (non-hydrogen) atoms. The molecule has 2 aromatic rings. The fourth-order valence-corrected chi connectivity index (χ4v) is 3.51. The van der Waals surface area contributed by atoms with E-state index >= 15 is 0 Å². The van der Waals surface area contributed by atoms with E-state index in [9.17, 15) is 13.2 Å². The van der Waals surface area contributed by atoms with Crippen LogP contribution in [0.3, 0.4) is 0 Å². The van der Waals surface area contributed by atoms with Crippen molar-refractivity contribution in [1.82, 2.24) is 4.90 Å². The van der Waals surface area contributed by atoms with Gasteiger partial charge >= 0.3 is 0 Å². The Morgan fingerprint density at radius 1 is 1.24 bits per heavy atom. The molecule has 2 aromatic carbocycles. The molecular formula is C20H25ClN2O5S. The Labute approximate surface area is 176 Å². The van der Waals surface area contributed by atoms with Gasteiger partial charge in [-0.05, 0) is 43.2 Å². The first kappa shape index (κ1) is 23.0. The van der Waals surface area contributed by atoms with E-state index in [4.69, 9.17) is 26.2 Å². The molecule has 0 aliphatic rings. The fourth-order valence-electron chi connectivity index (χ4n) is 2.73. The Kier molecular flexibility index (Phi) is 7.51. The molecule has 9 heteroatoms. The molecule has 0 aliphatic carbocycles. The van der Waals surface area contributed by atoms with Crippen molar-refractivity contribution in [2.75, 3.05) is 20.8 Å². The highest BCUT2D eigenvalue weighted by Crippen LogP contribution is 2.37. The number of amides is 1. The number of hydrogen-bond acceptors (Lipinski definition) is 5. The van der Waals surface area contributed by atoms with Gasteiger partial charge in [-0.1, -0.05) is 30.7 Å². The third-order valence-corrected chi connectivity index (χ3v) is 5.73. The molecule has 0 radical (unpaired) electrons. The second-order valence-electron chi connectivity index (χ2n) is 6.54. The summed E-state index contributed by atoms with van der Waals surface area (Å²) in [7, 11) is -0.630. The minimum absolute atomic E-state index is 0.0154. The number of carbonyl (C=O) groups is 1. The van der Waals surface area contributed by atoms with E-state index in [1.54, 1.807) is 31.3 Å². The predicted molar refractivity (Wildman–Crippen MR) is 112 cm³/mol. The highest BCUT2D eigenvalue weighted by molar-refractivity contribution is 7.89. The van der Waals surface area contributed by atoms with E-state index in [2.05, 4.69) is 0 Å². The van der Waals surface area contributed by atoms with Crippen LogP contribution in [0.5, 0.6) is 11.5 Å². The first-order valence-corrected chi connectivity index (χ1v) is 10.9. The molecular weight excluding hydrogens is 416 g/mol. The SMILES string of the molecule is CCCOc1c(Cl)cc(C(=O)N(C)C(C)c2ccc(S(N)(=O)=O)cc2)cc1OC. The zero-order valence-corrected chi connectivity index (χ0v) is 18.4. The van der Waals surface area contributed by atoms with Crippen molar-refractivity contribution >= 4 is 27.5 Å². The summed E-state index contributed by atoms with van der Waals surface area (Å²) in [6, 6.07) is 8.90. The molecule has 2 rings (SSSR count). The lowest BCUT2D eigenvalue weighted by Crippen LogP contribution is -2.29. The van der Waals surface area contributed by atoms with Crippen LogP contribution in [0.25, 0.3) is 0 Å². The predicted octanol–water partition coefficient (Wildman–Crippen LogP) is 3.62. The van der Waals surface area contributed by atoms with E-state index in [1.807, 2.05) is 13.8 Å². The topological polar surface area (TPSA) is 98.9 Å². The monoisotopic (exact) mass is 440 g/mol. The Bertz CT molecular complexity index is 977. The summed E-state index contributed by atoms with van der Waals surface area (Å²) in [6.07, 6.45) is 0.810. The third kappa shape index (κ3) is 5.41. The van der Waals surface area contributed by atoms with Gasteiger partial charge in [-0.15, -0.1) is 0 Å². The maximum atomic E-state index is 13.0. The smallest absolute Gasteiger partial charge is 0.254 e. The van der Waals surface area contributed by atoms with Crippen LogP contribution in [-0.4, -0.2) is 40.0 Å². The van der Waals surface area contributed by atoms with Gasteiger partial charge in [0.2, 0.25) is 10.0 Å². The highest BCUT2D eigenvalue weighted by Gasteiger charge is 2.22. The lowest BCUT2D eigenvalue weighted by Gasteiger charge is -2.26. The molecule has 2 N–H and O–H groups in total. The lowest BCUT2D eigenvalue weighted by atomic mass is 10.1. The number of nitrogens with two attached hydrogens (primary N) is 1. The van der Waals surface area contributed by atoms with Crippen molar-refractivity contribution in [3.8, 4) is 11.5 Å². The molecule has 158 valence electrons. The van der Waals surface area contributed by atoms with E-state index in [0.29, 0.717) is 28.7 Å².